The summed E-state index contributed by atoms with van der Waals surface area (Å²) in [4.78, 5) is 0. The molecule has 0 saturated carbocycles. The SMILES string of the molecule is Cc1ccc(C)c(-c2cc(Oc3ccc(C)cc3-c3cc(-c4ccc(C)c(C)c4)cc(C)c3C)ccc2C)c1. The van der Waals surface area contributed by atoms with E-state index in [1.54, 1.807) is 0 Å². The van der Waals surface area contributed by atoms with Crippen LogP contribution in [-0.4, -0.2) is 0 Å². The van der Waals surface area contributed by atoms with Gasteiger partial charge in [-0.3, -0.25) is 0 Å². The molecule has 0 fully saturated rings. The van der Waals surface area contributed by atoms with Gasteiger partial charge in [-0.05, 0) is 147 Å². The van der Waals surface area contributed by atoms with E-state index < -0.39 is 0 Å². The topological polar surface area (TPSA) is 9.23 Å². The van der Waals surface area contributed by atoms with Gasteiger partial charge in [-0.1, -0.05) is 65.7 Å². The summed E-state index contributed by atoms with van der Waals surface area (Å²) in [7, 11) is 0. The largest absolute Gasteiger partial charge is 0.457 e. The predicted octanol–water partition coefficient (Wildman–Crippen LogP) is 10.9. The highest BCUT2D eigenvalue weighted by Crippen LogP contribution is 2.40. The summed E-state index contributed by atoms with van der Waals surface area (Å²) in [6.07, 6.45) is 0. The number of rotatable bonds is 5. The summed E-state index contributed by atoms with van der Waals surface area (Å²) in [5, 5.41) is 0. The Morgan fingerprint density at radius 2 is 0.974 bits per heavy atom. The van der Waals surface area contributed by atoms with Crippen LogP contribution in [0.1, 0.15) is 44.5 Å². The maximum absolute atomic E-state index is 6.68. The van der Waals surface area contributed by atoms with Gasteiger partial charge in [0.05, 0.1) is 0 Å². The molecule has 0 aliphatic carbocycles. The fourth-order valence-electron chi connectivity index (χ4n) is 5.28. The molecule has 0 saturated heterocycles. The van der Waals surface area contributed by atoms with Crippen molar-refractivity contribution >= 4 is 0 Å². The van der Waals surface area contributed by atoms with Crippen LogP contribution in [0, 0.1) is 55.4 Å². The van der Waals surface area contributed by atoms with Gasteiger partial charge in [0.25, 0.3) is 0 Å². The molecule has 1 heteroatoms. The average molecular weight is 511 g/mol. The average Bonchev–Trinajstić information content (AvgIpc) is 2.91. The fraction of sp³-hybridized carbons (Fsp3) is 0.211. The van der Waals surface area contributed by atoms with Crippen LogP contribution in [0.25, 0.3) is 33.4 Å². The Labute approximate surface area is 234 Å². The number of hydrogen-bond donors (Lipinski definition) is 0. The molecule has 0 aliphatic heterocycles. The zero-order valence-electron chi connectivity index (χ0n) is 24.5. The van der Waals surface area contributed by atoms with E-state index in [4.69, 9.17) is 4.74 Å². The molecule has 0 radical (unpaired) electrons. The van der Waals surface area contributed by atoms with E-state index >= 15 is 0 Å². The molecule has 0 amide bonds. The van der Waals surface area contributed by atoms with E-state index in [0.717, 1.165) is 17.1 Å². The Morgan fingerprint density at radius 3 is 1.69 bits per heavy atom. The summed E-state index contributed by atoms with van der Waals surface area (Å²) >= 11 is 0. The Balaban J connectivity index is 1.61. The summed E-state index contributed by atoms with van der Waals surface area (Å²) in [6, 6.07) is 30.9. The van der Waals surface area contributed by atoms with Crippen molar-refractivity contribution in [3.8, 4) is 44.9 Å². The number of aryl methyl sites for hydroxylation is 7. The minimum atomic E-state index is 0.848. The van der Waals surface area contributed by atoms with Gasteiger partial charge >= 0.3 is 0 Å². The van der Waals surface area contributed by atoms with Crippen molar-refractivity contribution in [1.82, 2.24) is 0 Å². The first-order valence-corrected chi connectivity index (χ1v) is 13.8. The van der Waals surface area contributed by atoms with E-state index in [-0.39, 0.29) is 0 Å². The van der Waals surface area contributed by atoms with Crippen LogP contribution in [0.2, 0.25) is 0 Å². The normalized spacial score (nSPS) is 11.1. The van der Waals surface area contributed by atoms with Crippen molar-refractivity contribution in [2.24, 2.45) is 0 Å². The summed E-state index contributed by atoms with van der Waals surface area (Å²) in [6.45, 7) is 17.4. The lowest BCUT2D eigenvalue weighted by molar-refractivity contribution is 0.484. The van der Waals surface area contributed by atoms with Crippen molar-refractivity contribution in [1.29, 1.82) is 0 Å². The molecule has 0 N–H and O–H groups in total. The minimum absolute atomic E-state index is 0.848. The zero-order chi connectivity index (χ0) is 27.8. The summed E-state index contributed by atoms with van der Waals surface area (Å²) in [5.41, 5.74) is 17.5. The van der Waals surface area contributed by atoms with E-state index in [1.165, 1.54) is 72.3 Å². The molecule has 0 bridgehead atoms. The van der Waals surface area contributed by atoms with Crippen LogP contribution in [0.4, 0.5) is 0 Å². The lowest BCUT2D eigenvalue weighted by atomic mass is 9.90. The smallest absolute Gasteiger partial charge is 0.135 e. The Hall–Kier alpha value is -4.10. The first-order valence-electron chi connectivity index (χ1n) is 13.8. The first-order chi connectivity index (χ1) is 18.6. The van der Waals surface area contributed by atoms with Crippen LogP contribution in [0.5, 0.6) is 11.5 Å². The van der Waals surface area contributed by atoms with Crippen LogP contribution in [0.3, 0.4) is 0 Å². The van der Waals surface area contributed by atoms with E-state index in [1.807, 2.05) is 0 Å². The predicted molar refractivity (Wildman–Crippen MR) is 167 cm³/mol. The monoisotopic (exact) mass is 510 g/mol. The van der Waals surface area contributed by atoms with Gasteiger partial charge < -0.3 is 4.74 Å². The second-order valence-electron chi connectivity index (χ2n) is 11.2. The van der Waals surface area contributed by atoms with Crippen molar-refractivity contribution in [3.05, 3.63) is 129 Å². The van der Waals surface area contributed by atoms with Gasteiger partial charge in [-0.25, -0.2) is 0 Å². The molecule has 0 heterocycles. The molecule has 5 aromatic carbocycles. The van der Waals surface area contributed by atoms with Gasteiger partial charge in [-0.2, -0.15) is 0 Å². The van der Waals surface area contributed by atoms with Crippen molar-refractivity contribution in [2.45, 2.75) is 55.4 Å². The van der Waals surface area contributed by atoms with E-state index in [2.05, 4.69) is 140 Å². The fourth-order valence-corrected chi connectivity index (χ4v) is 5.28. The van der Waals surface area contributed by atoms with Gasteiger partial charge in [0.2, 0.25) is 0 Å². The maximum Gasteiger partial charge on any atom is 0.135 e. The molecule has 0 aliphatic rings. The lowest BCUT2D eigenvalue weighted by Gasteiger charge is -2.18. The summed E-state index contributed by atoms with van der Waals surface area (Å²) < 4.78 is 6.68. The molecular formula is C38H38O. The highest BCUT2D eigenvalue weighted by Gasteiger charge is 2.15. The molecule has 1 nitrogen and oxygen atoms in total. The molecule has 0 unspecified atom stereocenters. The molecule has 0 aromatic heterocycles. The van der Waals surface area contributed by atoms with Gasteiger partial charge in [-0.15, -0.1) is 0 Å². The highest BCUT2D eigenvalue weighted by molar-refractivity contribution is 5.81. The van der Waals surface area contributed by atoms with E-state index in [9.17, 15) is 0 Å². The Kier molecular flexibility index (Phi) is 7.19. The standard InChI is InChI=1S/C38H38O/c1-23-9-11-26(4)34(17-23)35-22-33(15-13-27(35)5)39-38-16-10-24(2)18-37(38)36-21-32(20-29(7)30(36)8)31-14-12-25(3)28(6)19-31/h9-22H,1-8H3. The third-order valence-electron chi connectivity index (χ3n) is 8.05. The van der Waals surface area contributed by atoms with Gasteiger partial charge in [0.15, 0.2) is 0 Å². The molecule has 39 heavy (non-hydrogen) atoms. The molecular weight excluding hydrogens is 472 g/mol. The van der Waals surface area contributed by atoms with Crippen LogP contribution < -0.4 is 4.74 Å². The molecule has 0 spiro atoms. The van der Waals surface area contributed by atoms with Crippen molar-refractivity contribution in [3.63, 3.8) is 0 Å². The summed E-state index contributed by atoms with van der Waals surface area (Å²) in [5.74, 6) is 1.72. The van der Waals surface area contributed by atoms with Crippen LogP contribution in [0.15, 0.2) is 84.9 Å². The third kappa shape index (κ3) is 5.40. The van der Waals surface area contributed by atoms with Crippen LogP contribution in [-0.2, 0) is 0 Å². The molecule has 0 atom stereocenters. The van der Waals surface area contributed by atoms with Crippen LogP contribution >= 0.6 is 0 Å². The quantitative estimate of drug-likeness (QED) is 0.228. The molecule has 5 rings (SSSR count). The van der Waals surface area contributed by atoms with Crippen molar-refractivity contribution in [2.75, 3.05) is 0 Å². The molecule has 5 aromatic rings. The second-order valence-corrected chi connectivity index (χ2v) is 11.2. The second kappa shape index (κ2) is 10.6. The van der Waals surface area contributed by atoms with E-state index in [0.29, 0.717) is 0 Å². The zero-order valence-corrected chi connectivity index (χ0v) is 24.5. The van der Waals surface area contributed by atoms with Gasteiger partial charge in [0.1, 0.15) is 11.5 Å². The first kappa shape index (κ1) is 26.5. The number of ether oxygens (including phenoxy) is 1. The lowest BCUT2D eigenvalue weighted by Crippen LogP contribution is -1.95. The van der Waals surface area contributed by atoms with Crippen molar-refractivity contribution < 1.29 is 4.74 Å². The number of hydrogen-bond acceptors (Lipinski definition) is 1. The Bertz CT molecular complexity index is 1700. The van der Waals surface area contributed by atoms with Gasteiger partial charge in [0, 0.05) is 5.56 Å². The molecule has 196 valence electrons. The Morgan fingerprint density at radius 1 is 0.385 bits per heavy atom. The highest BCUT2D eigenvalue weighted by atomic mass is 16.5. The maximum atomic E-state index is 6.68. The number of benzene rings is 5. The third-order valence-corrected chi connectivity index (χ3v) is 8.05. The minimum Gasteiger partial charge on any atom is -0.457 e.